The molecule has 0 spiro atoms. The van der Waals surface area contributed by atoms with Crippen molar-refractivity contribution < 1.29 is 0 Å². The van der Waals surface area contributed by atoms with Crippen LogP contribution in [0.5, 0.6) is 0 Å². The van der Waals surface area contributed by atoms with Gasteiger partial charge in [-0.1, -0.05) is 36.4 Å². The Kier molecular flexibility index (Phi) is 3.93. The van der Waals surface area contributed by atoms with Crippen LogP contribution in [-0.2, 0) is 6.42 Å². The van der Waals surface area contributed by atoms with Crippen molar-refractivity contribution in [2.45, 2.75) is 31.2 Å². The topological polar surface area (TPSA) is 87.2 Å². The zero-order valence-corrected chi connectivity index (χ0v) is 14.6. The highest BCUT2D eigenvalue weighted by molar-refractivity contribution is 5.26. The first kappa shape index (κ1) is 15.8. The summed E-state index contributed by atoms with van der Waals surface area (Å²) in [5, 5.41) is 16.6. The molecule has 3 heterocycles. The molecule has 8 heteroatoms. The fraction of sp³-hybridized carbons (Fsp3) is 0.263. The zero-order valence-electron chi connectivity index (χ0n) is 14.6. The molecule has 0 bridgehead atoms. The van der Waals surface area contributed by atoms with E-state index in [0.29, 0.717) is 12.3 Å². The predicted octanol–water partition coefficient (Wildman–Crippen LogP) is 2.36. The van der Waals surface area contributed by atoms with Crippen molar-refractivity contribution in [3.05, 3.63) is 78.3 Å². The Labute approximate surface area is 155 Å². The van der Waals surface area contributed by atoms with Gasteiger partial charge in [0.1, 0.15) is 12.4 Å². The molecule has 1 atom stereocenters. The lowest BCUT2D eigenvalue weighted by molar-refractivity contribution is 0.469. The summed E-state index contributed by atoms with van der Waals surface area (Å²) in [6.07, 6.45) is 6.38. The average molecular weight is 358 g/mol. The van der Waals surface area contributed by atoms with Gasteiger partial charge in [-0.05, 0) is 41.0 Å². The van der Waals surface area contributed by atoms with E-state index >= 15 is 0 Å². The molecular weight excluding hydrogens is 340 g/mol. The van der Waals surface area contributed by atoms with Gasteiger partial charge in [-0.25, -0.2) is 14.6 Å². The molecule has 0 N–H and O–H groups in total. The van der Waals surface area contributed by atoms with E-state index in [1.54, 1.807) is 17.2 Å². The largest absolute Gasteiger partial charge is 0.237 e. The van der Waals surface area contributed by atoms with E-state index < -0.39 is 0 Å². The van der Waals surface area contributed by atoms with Gasteiger partial charge in [-0.15, -0.1) is 10.2 Å². The van der Waals surface area contributed by atoms with E-state index in [-0.39, 0.29) is 6.04 Å². The van der Waals surface area contributed by atoms with Crippen LogP contribution in [-0.4, -0.2) is 40.0 Å². The zero-order chi connectivity index (χ0) is 18.1. The van der Waals surface area contributed by atoms with Crippen molar-refractivity contribution in [1.29, 1.82) is 0 Å². The van der Waals surface area contributed by atoms with Gasteiger partial charge in [-0.2, -0.15) is 4.68 Å². The van der Waals surface area contributed by atoms with Gasteiger partial charge in [0.15, 0.2) is 17.5 Å². The van der Waals surface area contributed by atoms with Gasteiger partial charge in [0.2, 0.25) is 0 Å². The second-order valence-electron chi connectivity index (χ2n) is 6.70. The first-order chi connectivity index (χ1) is 13.4. The van der Waals surface area contributed by atoms with Gasteiger partial charge < -0.3 is 0 Å². The summed E-state index contributed by atoms with van der Waals surface area (Å²) in [4.78, 5) is 9.37. The van der Waals surface area contributed by atoms with E-state index in [0.717, 1.165) is 30.3 Å². The normalized spacial score (nSPS) is 15.0. The van der Waals surface area contributed by atoms with E-state index in [1.807, 2.05) is 41.1 Å². The van der Waals surface area contributed by atoms with E-state index in [1.165, 1.54) is 5.56 Å². The van der Waals surface area contributed by atoms with Crippen LogP contribution in [0, 0.1) is 0 Å². The van der Waals surface area contributed by atoms with Crippen LogP contribution in [0.3, 0.4) is 0 Å². The number of rotatable bonds is 6. The van der Waals surface area contributed by atoms with Crippen LogP contribution in [0.2, 0.25) is 0 Å². The third-order valence-electron chi connectivity index (χ3n) is 4.71. The van der Waals surface area contributed by atoms with E-state index in [2.05, 4.69) is 32.6 Å². The highest BCUT2D eigenvalue weighted by atomic mass is 15.5. The van der Waals surface area contributed by atoms with Gasteiger partial charge >= 0.3 is 0 Å². The number of benzene rings is 1. The molecule has 3 aromatic heterocycles. The fourth-order valence-corrected chi connectivity index (χ4v) is 3.17. The number of pyridine rings is 1. The molecule has 0 unspecified atom stereocenters. The Morgan fingerprint density at radius 2 is 1.89 bits per heavy atom. The second-order valence-corrected chi connectivity index (χ2v) is 6.70. The predicted molar refractivity (Wildman–Crippen MR) is 97.2 cm³/mol. The molecule has 8 nitrogen and oxygen atoms in total. The molecule has 134 valence electrons. The first-order valence-corrected chi connectivity index (χ1v) is 9.03. The Balaban J connectivity index is 1.62. The summed E-state index contributed by atoms with van der Waals surface area (Å²) in [6.45, 7) is 0. The summed E-state index contributed by atoms with van der Waals surface area (Å²) in [5.41, 5.74) is 1.18. The van der Waals surface area contributed by atoms with Crippen LogP contribution < -0.4 is 0 Å². The van der Waals surface area contributed by atoms with Crippen molar-refractivity contribution in [3.8, 4) is 5.82 Å². The van der Waals surface area contributed by atoms with Crippen molar-refractivity contribution in [2.75, 3.05) is 0 Å². The van der Waals surface area contributed by atoms with E-state index in [4.69, 9.17) is 10.1 Å². The number of hydrogen-bond acceptors (Lipinski definition) is 6. The Morgan fingerprint density at radius 1 is 1.04 bits per heavy atom. The molecule has 0 aliphatic heterocycles. The molecule has 1 aromatic carbocycles. The highest BCUT2D eigenvalue weighted by Crippen LogP contribution is 2.39. The molecule has 0 saturated heterocycles. The third kappa shape index (κ3) is 3.21. The van der Waals surface area contributed by atoms with Crippen molar-refractivity contribution in [3.63, 3.8) is 0 Å². The molecular formula is C19H18N8. The number of hydrogen-bond donors (Lipinski definition) is 0. The molecule has 4 aromatic rings. The summed E-state index contributed by atoms with van der Waals surface area (Å²) in [7, 11) is 0. The lowest BCUT2D eigenvalue weighted by Gasteiger charge is -2.16. The molecule has 1 fully saturated rings. The molecule has 1 aliphatic carbocycles. The maximum absolute atomic E-state index is 4.90. The Morgan fingerprint density at radius 3 is 2.59 bits per heavy atom. The smallest absolute Gasteiger partial charge is 0.159 e. The molecule has 27 heavy (non-hydrogen) atoms. The second kappa shape index (κ2) is 6.71. The Hall–Kier alpha value is -3.42. The summed E-state index contributed by atoms with van der Waals surface area (Å²) >= 11 is 0. The minimum Gasteiger partial charge on any atom is -0.237 e. The van der Waals surface area contributed by atoms with Crippen molar-refractivity contribution >= 4 is 0 Å². The lowest BCUT2D eigenvalue weighted by Crippen LogP contribution is -2.20. The minimum atomic E-state index is -0.176. The Bertz CT molecular complexity index is 1010. The third-order valence-corrected chi connectivity index (χ3v) is 4.71. The van der Waals surface area contributed by atoms with Crippen LogP contribution in [0.15, 0.2) is 61.1 Å². The van der Waals surface area contributed by atoms with Crippen LogP contribution in [0.4, 0.5) is 0 Å². The average Bonchev–Trinajstić information content (AvgIpc) is 3.26. The van der Waals surface area contributed by atoms with E-state index in [9.17, 15) is 0 Å². The van der Waals surface area contributed by atoms with Crippen molar-refractivity contribution in [2.24, 2.45) is 0 Å². The molecule has 0 amide bonds. The molecule has 5 rings (SSSR count). The maximum Gasteiger partial charge on any atom is 0.159 e. The lowest BCUT2D eigenvalue weighted by atomic mass is 10.1. The quantitative estimate of drug-likeness (QED) is 0.526. The monoisotopic (exact) mass is 358 g/mol. The van der Waals surface area contributed by atoms with Crippen molar-refractivity contribution in [1.82, 2.24) is 40.0 Å². The molecule has 0 radical (unpaired) electrons. The first-order valence-electron chi connectivity index (χ1n) is 9.03. The standard InChI is InChI=1S/C19H18N8/c1-2-6-14(7-3-1)12-16(26-13-21-24-25-26)19-22-18(15-9-10-15)23-27(19)17-8-4-5-11-20-17/h1-8,11,13,15-16H,9-10,12H2/t16-/m1/s1. The maximum atomic E-state index is 4.90. The fourth-order valence-electron chi connectivity index (χ4n) is 3.17. The van der Waals surface area contributed by atoms with Gasteiger partial charge in [0.25, 0.3) is 0 Å². The van der Waals surface area contributed by atoms with Crippen LogP contribution >= 0.6 is 0 Å². The van der Waals surface area contributed by atoms with Crippen LogP contribution in [0.1, 0.15) is 42.0 Å². The summed E-state index contributed by atoms with van der Waals surface area (Å²) in [6, 6.07) is 15.9. The molecule has 1 saturated carbocycles. The van der Waals surface area contributed by atoms with Gasteiger partial charge in [0, 0.05) is 18.5 Å². The van der Waals surface area contributed by atoms with Crippen LogP contribution in [0.25, 0.3) is 5.82 Å². The number of aromatic nitrogens is 8. The number of tetrazole rings is 1. The van der Waals surface area contributed by atoms with Gasteiger partial charge in [0.05, 0.1) is 0 Å². The SMILES string of the molecule is c1ccc(C[C@H](c2nc(C3CC3)nn2-c2ccccn2)n2cnnn2)cc1. The molecule has 1 aliphatic rings. The highest BCUT2D eigenvalue weighted by Gasteiger charge is 2.32. The minimum absolute atomic E-state index is 0.176. The summed E-state index contributed by atoms with van der Waals surface area (Å²) in [5.74, 6) is 2.87. The summed E-state index contributed by atoms with van der Waals surface area (Å²) < 4.78 is 3.58. The van der Waals surface area contributed by atoms with Gasteiger partial charge in [-0.3, -0.25) is 0 Å². The number of nitrogens with zero attached hydrogens (tertiary/aromatic N) is 8.